The van der Waals surface area contributed by atoms with Crippen LogP contribution >= 0.6 is 11.6 Å². The molecule has 0 amide bonds. The van der Waals surface area contributed by atoms with Crippen LogP contribution in [0.5, 0.6) is 6.01 Å². The summed E-state index contributed by atoms with van der Waals surface area (Å²) in [4.78, 5) is 21.7. The van der Waals surface area contributed by atoms with Crippen molar-refractivity contribution in [3.05, 3.63) is 11.2 Å². The first-order valence-electron chi connectivity index (χ1n) is 6.91. The van der Waals surface area contributed by atoms with Gasteiger partial charge in [0.1, 0.15) is 5.02 Å². The third-order valence-corrected chi connectivity index (χ3v) is 4.45. The number of aliphatic carboxylic acids is 1. The topological polar surface area (TPSA) is 75.5 Å². The number of hydrogen-bond acceptors (Lipinski definition) is 5. The van der Waals surface area contributed by atoms with Crippen LogP contribution in [0.25, 0.3) is 0 Å². The molecule has 0 spiro atoms. The lowest BCUT2D eigenvalue weighted by Crippen LogP contribution is -2.45. The van der Waals surface area contributed by atoms with E-state index < -0.39 is 11.4 Å². The number of carboxylic acid groups (broad SMARTS) is 1. The molecule has 1 aromatic rings. The van der Waals surface area contributed by atoms with Gasteiger partial charge in [-0.25, -0.2) is 4.98 Å². The first-order chi connectivity index (χ1) is 9.86. The van der Waals surface area contributed by atoms with Crippen LogP contribution < -0.4 is 9.64 Å². The van der Waals surface area contributed by atoms with E-state index in [0.29, 0.717) is 17.4 Å². The van der Waals surface area contributed by atoms with Gasteiger partial charge in [-0.15, -0.1) is 0 Å². The Hall–Kier alpha value is -1.56. The molecule has 1 unspecified atom stereocenters. The molecule has 1 saturated heterocycles. The van der Waals surface area contributed by atoms with Gasteiger partial charge in [0.15, 0.2) is 5.82 Å². The summed E-state index contributed by atoms with van der Waals surface area (Å²) in [6.45, 7) is 4.95. The van der Waals surface area contributed by atoms with Gasteiger partial charge >= 0.3 is 12.0 Å². The van der Waals surface area contributed by atoms with Gasteiger partial charge in [-0.2, -0.15) is 4.98 Å². The number of ether oxygens (including phenoxy) is 1. The van der Waals surface area contributed by atoms with Crippen LogP contribution in [0.1, 0.15) is 26.7 Å². The van der Waals surface area contributed by atoms with Crippen LogP contribution in [0.2, 0.25) is 5.02 Å². The summed E-state index contributed by atoms with van der Waals surface area (Å²) >= 11 is 6.17. The monoisotopic (exact) mass is 313 g/mol. The number of aromatic nitrogens is 2. The maximum atomic E-state index is 11.4. The second kappa shape index (κ2) is 6.05. The molecule has 1 aromatic heterocycles. The van der Waals surface area contributed by atoms with E-state index in [-0.39, 0.29) is 11.9 Å². The Bertz CT molecular complexity index is 536. The van der Waals surface area contributed by atoms with E-state index in [0.717, 1.165) is 19.4 Å². The minimum atomic E-state index is -0.777. The summed E-state index contributed by atoms with van der Waals surface area (Å²) in [5, 5.41) is 9.85. The molecule has 21 heavy (non-hydrogen) atoms. The number of halogens is 1. The lowest BCUT2D eigenvalue weighted by atomic mass is 9.74. The maximum absolute atomic E-state index is 11.4. The average Bonchev–Trinajstić information content (AvgIpc) is 2.47. The standard InChI is InChI=1S/C14H20ClN3O3/c1-14(2,12(19)20)9-5-4-6-18(8-9)11-10(15)7-16-13(17-11)21-3/h7,9H,4-6,8H2,1-3H3,(H,19,20). The van der Waals surface area contributed by atoms with Gasteiger partial charge in [0.2, 0.25) is 0 Å². The zero-order chi connectivity index (χ0) is 15.6. The van der Waals surface area contributed by atoms with Crippen LogP contribution in [0.4, 0.5) is 5.82 Å². The summed E-state index contributed by atoms with van der Waals surface area (Å²) in [5.74, 6) is -0.129. The molecular formula is C14H20ClN3O3. The molecule has 0 aromatic carbocycles. The molecule has 1 fully saturated rings. The predicted molar refractivity (Wildman–Crippen MR) is 79.9 cm³/mol. The second-order valence-corrected chi connectivity index (χ2v) is 6.25. The Morgan fingerprint density at radius 3 is 2.90 bits per heavy atom. The quantitative estimate of drug-likeness (QED) is 0.920. The highest BCUT2D eigenvalue weighted by Crippen LogP contribution is 2.37. The Morgan fingerprint density at radius 1 is 1.57 bits per heavy atom. The van der Waals surface area contributed by atoms with Crippen molar-refractivity contribution in [3.63, 3.8) is 0 Å². The smallest absolute Gasteiger partial charge is 0.318 e. The lowest BCUT2D eigenvalue weighted by molar-refractivity contribution is -0.150. The first-order valence-corrected chi connectivity index (χ1v) is 7.29. The average molecular weight is 314 g/mol. The van der Waals surface area contributed by atoms with E-state index in [1.165, 1.54) is 13.3 Å². The number of methoxy groups -OCH3 is 1. The van der Waals surface area contributed by atoms with E-state index in [9.17, 15) is 9.90 Å². The summed E-state index contributed by atoms with van der Waals surface area (Å²) in [5.41, 5.74) is -0.776. The number of anilines is 1. The number of carbonyl (C=O) groups is 1. The number of hydrogen-bond donors (Lipinski definition) is 1. The zero-order valence-electron chi connectivity index (χ0n) is 12.5. The van der Waals surface area contributed by atoms with Crippen LogP contribution in [0, 0.1) is 11.3 Å². The lowest BCUT2D eigenvalue weighted by Gasteiger charge is -2.39. The highest BCUT2D eigenvalue weighted by Gasteiger charge is 2.39. The molecule has 2 heterocycles. The molecule has 0 bridgehead atoms. The number of rotatable bonds is 4. The third-order valence-electron chi connectivity index (χ3n) is 4.18. The first kappa shape index (κ1) is 15.8. The van der Waals surface area contributed by atoms with Gasteiger partial charge in [-0.1, -0.05) is 11.6 Å². The normalized spacial score (nSPS) is 19.4. The maximum Gasteiger partial charge on any atom is 0.318 e. The molecule has 7 heteroatoms. The van der Waals surface area contributed by atoms with Gasteiger partial charge in [-0.05, 0) is 32.6 Å². The molecule has 0 aliphatic carbocycles. The van der Waals surface area contributed by atoms with Crippen molar-refractivity contribution < 1.29 is 14.6 Å². The fourth-order valence-electron chi connectivity index (χ4n) is 2.60. The fraction of sp³-hybridized carbons (Fsp3) is 0.643. The van der Waals surface area contributed by atoms with Gasteiger partial charge in [-0.3, -0.25) is 4.79 Å². The van der Waals surface area contributed by atoms with Gasteiger partial charge in [0.05, 0.1) is 18.7 Å². The minimum Gasteiger partial charge on any atom is -0.481 e. The van der Waals surface area contributed by atoms with E-state index >= 15 is 0 Å². The second-order valence-electron chi connectivity index (χ2n) is 5.84. The van der Waals surface area contributed by atoms with Gasteiger partial charge < -0.3 is 14.7 Å². The summed E-state index contributed by atoms with van der Waals surface area (Å²) in [7, 11) is 1.50. The van der Waals surface area contributed by atoms with Crippen LogP contribution in [0.15, 0.2) is 6.20 Å². The van der Waals surface area contributed by atoms with Crippen molar-refractivity contribution in [2.45, 2.75) is 26.7 Å². The predicted octanol–water partition coefficient (Wildman–Crippen LogP) is 2.47. The molecule has 1 aliphatic rings. The van der Waals surface area contributed by atoms with Crippen molar-refractivity contribution in [1.82, 2.24) is 9.97 Å². The van der Waals surface area contributed by atoms with E-state index in [1.807, 2.05) is 4.90 Å². The van der Waals surface area contributed by atoms with Gasteiger partial charge in [0, 0.05) is 13.1 Å². The third kappa shape index (κ3) is 3.20. The van der Waals surface area contributed by atoms with Crippen molar-refractivity contribution in [2.75, 3.05) is 25.1 Å². The SMILES string of the molecule is COc1ncc(Cl)c(N2CCCC(C(C)(C)C(=O)O)C2)n1. The fourth-order valence-corrected chi connectivity index (χ4v) is 2.81. The van der Waals surface area contributed by atoms with Crippen molar-refractivity contribution in [3.8, 4) is 6.01 Å². The Kier molecular flexibility index (Phi) is 4.56. The molecule has 116 valence electrons. The summed E-state index contributed by atoms with van der Waals surface area (Å²) < 4.78 is 5.03. The van der Waals surface area contributed by atoms with E-state index in [2.05, 4.69) is 9.97 Å². The number of carboxylic acids is 1. The summed E-state index contributed by atoms with van der Waals surface area (Å²) in [6, 6.07) is 0.258. The molecule has 0 radical (unpaired) electrons. The van der Waals surface area contributed by atoms with Crippen molar-refractivity contribution in [1.29, 1.82) is 0 Å². The molecule has 2 rings (SSSR count). The van der Waals surface area contributed by atoms with Crippen molar-refractivity contribution >= 4 is 23.4 Å². The van der Waals surface area contributed by atoms with Crippen LogP contribution in [-0.4, -0.2) is 41.2 Å². The Balaban J connectivity index is 2.24. The zero-order valence-corrected chi connectivity index (χ0v) is 13.2. The van der Waals surface area contributed by atoms with Gasteiger partial charge in [0.25, 0.3) is 0 Å². The van der Waals surface area contributed by atoms with E-state index in [4.69, 9.17) is 16.3 Å². The molecular weight excluding hydrogens is 294 g/mol. The molecule has 6 nitrogen and oxygen atoms in total. The number of nitrogens with zero attached hydrogens (tertiary/aromatic N) is 3. The number of piperidine rings is 1. The highest BCUT2D eigenvalue weighted by atomic mass is 35.5. The Labute approximate surface area is 129 Å². The molecule has 1 aliphatic heterocycles. The highest BCUT2D eigenvalue weighted by molar-refractivity contribution is 6.32. The Morgan fingerprint density at radius 2 is 2.29 bits per heavy atom. The molecule has 0 saturated carbocycles. The largest absolute Gasteiger partial charge is 0.481 e. The summed E-state index contributed by atoms with van der Waals surface area (Å²) in [6.07, 6.45) is 3.30. The minimum absolute atomic E-state index is 0.0424. The van der Waals surface area contributed by atoms with Crippen molar-refractivity contribution in [2.24, 2.45) is 11.3 Å². The van der Waals surface area contributed by atoms with Crippen LogP contribution in [0.3, 0.4) is 0 Å². The van der Waals surface area contributed by atoms with Crippen LogP contribution in [-0.2, 0) is 4.79 Å². The molecule has 1 atom stereocenters. The molecule has 1 N–H and O–H groups in total. The van der Waals surface area contributed by atoms with E-state index in [1.54, 1.807) is 13.8 Å².